The van der Waals surface area contributed by atoms with Gasteiger partial charge in [0, 0.05) is 30.0 Å². The van der Waals surface area contributed by atoms with Crippen molar-refractivity contribution in [1.29, 1.82) is 0 Å². The largest absolute Gasteiger partial charge is 0.504 e. The lowest BCUT2D eigenvalue weighted by atomic mass is 9.32. The lowest BCUT2D eigenvalue weighted by Crippen LogP contribution is -2.85. The molecule has 2 N–H and O–H groups in total. The molecule has 4 aliphatic carbocycles. The molecule has 5 nitrogen and oxygen atoms in total. The van der Waals surface area contributed by atoms with Gasteiger partial charge in [-0.2, -0.15) is 0 Å². The van der Waals surface area contributed by atoms with E-state index < -0.39 is 16.8 Å². The Morgan fingerprint density at radius 3 is 2.76 bits per heavy atom. The summed E-state index contributed by atoms with van der Waals surface area (Å²) < 4.78 is 13.5. The van der Waals surface area contributed by atoms with Gasteiger partial charge >= 0.3 is 0 Å². The van der Waals surface area contributed by atoms with Crippen LogP contribution in [0.2, 0.25) is 0 Å². The summed E-state index contributed by atoms with van der Waals surface area (Å²) >= 11 is 0. The Morgan fingerprint density at radius 2 is 2.03 bits per heavy atom. The lowest BCUT2D eigenvalue weighted by Gasteiger charge is -2.75. The van der Waals surface area contributed by atoms with E-state index in [1.807, 2.05) is 6.92 Å². The van der Waals surface area contributed by atoms with Crippen molar-refractivity contribution in [1.82, 2.24) is 4.90 Å². The molecule has 7 rings (SSSR count). The van der Waals surface area contributed by atoms with Gasteiger partial charge in [0.1, 0.15) is 11.2 Å². The highest BCUT2D eigenvalue weighted by Crippen LogP contribution is 2.79. The van der Waals surface area contributed by atoms with Gasteiger partial charge in [0.25, 0.3) is 0 Å². The highest BCUT2D eigenvalue weighted by Gasteiger charge is 2.85. The first-order valence-electron chi connectivity index (χ1n) is 13.4. The number of hydrogen-bond donors (Lipinski definition) is 2. The molecule has 186 valence electrons. The van der Waals surface area contributed by atoms with Gasteiger partial charge in [0.15, 0.2) is 11.5 Å². The van der Waals surface area contributed by atoms with E-state index in [2.05, 4.69) is 44.0 Å². The fourth-order valence-electron chi connectivity index (χ4n) is 9.47. The maximum absolute atomic E-state index is 12.1. The van der Waals surface area contributed by atoms with Crippen molar-refractivity contribution < 1.29 is 19.7 Å². The molecule has 2 spiro atoms. The van der Waals surface area contributed by atoms with Crippen LogP contribution in [0.4, 0.5) is 0 Å². The molecule has 1 aromatic rings. The van der Waals surface area contributed by atoms with Crippen LogP contribution in [0.25, 0.3) is 0 Å². The van der Waals surface area contributed by atoms with Crippen LogP contribution >= 0.6 is 0 Å². The number of aromatic hydroxyl groups is 1. The topological polar surface area (TPSA) is 62.2 Å². The first-order valence-corrected chi connectivity index (χ1v) is 13.4. The number of methoxy groups -OCH3 is 1. The van der Waals surface area contributed by atoms with E-state index in [-0.39, 0.29) is 22.5 Å². The van der Waals surface area contributed by atoms with Crippen molar-refractivity contribution in [2.75, 3.05) is 20.7 Å². The van der Waals surface area contributed by atoms with Gasteiger partial charge in [-0.1, -0.05) is 50.8 Å². The van der Waals surface area contributed by atoms with Crippen molar-refractivity contribution in [3.8, 4) is 11.5 Å². The molecular formula is C29H41NO4. The van der Waals surface area contributed by atoms with Crippen molar-refractivity contribution in [2.45, 2.75) is 100 Å². The second-order valence-electron chi connectivity index (χ2n) is 12.2. The van der Waals surface area contributed by atoms with Crippen molar-refractivity contribution in [3.63, 3.8) is 0 Å². The Morgan fingerprint density at radius 1 is 1.24 bits per heavy atom. The molecule has 0 amide bonds. The summed E-state index contributed by atoms with van der Waals surface area (Å²) in [5.74, 6) is 0.785. The maximum atomic E-state index is 12.1. The molecule has 1 aromatic carbocycles. The van der Waals surface area contributed by atoms with Crippen molar-refractivity contribution in [2.24, 2.45) is 11.3 Å². The molecule has 5 heteroatoms. The molecule has 0 radical (unpaired) electrons. The zero-order valence-corrected chi connectivity index (χ0v) is 21.5. The molecule has 34 heavy (non-hydrogen) atoms. The minimum absolute atomic E-state index is 0.0956. The fraction of sp³-hybridized carbons (Fsp3) is 0.724. The van der Waals surface area contributed by atoms with Gasteiger partial charge in [0.2, 0.25) is 0 Å². The normalized spacial score (nSPS) is 42.9. The number of phenols is 1. The van der Waals surface area contributed by atoms with Crippen LogP contribution in [-0.4, -0.2) is 58.7 Å². The van der Waals surface area contributed by atoms with E-state index in [0.29, 0.717) is 11.8 Å². The summed E-state index contributed by atoms with van der Waals surface area (Å²) in [6.45, 7) is 7.45. The second kappa shape index (κ2) is 7.02. The average molecular weight is 468 g/mol. The zero-order valence-electron chi connectivity index (χ0n) is 21.5. The maximum Gasteiger partial charge on any atom is 0.166 e. The monoisotopic (exact) mass is 467 g/mol. The molecule has 0 aromatic heterocycles. The van der Waals surface area contributed by atoms with E-state index in [9.17, 15) is 10.2 Å². The third-order valence-electron chi connectivity index (χ3n) is 11.0. The molecule has 0 unspecified atom stereocenters. The number of benzene rings is 1. The second-order valence-corrected chi connectivity index (χ2v) is 12.2. The molecule has 1 saturated carbocycles. The minimum Gasteiger partial charge on any atom is -0.504 e. The summed E-state index contributed by atoms with van der Waals surface area (Å²) in [6, 6.07) is 4.24. The predicted molar refractivity (Wildman–Crippen MR) is 132 cm³/mol. The van der Waals surface area contributed by atoms with Gasteiger partial charge in [-0.25, -0.2) is 0 Å². The summed E-state index contributed by atoms with van der Waals surface area (Å²) in [5, 5.41) is 23.0. The number of fused-ring (bicyclic) bond motifs is 1. The number of hydrogen-bond acceptors (Lipinski definition) is 5. The molecule has 1 saturated heterocycles. The average Bonchev–Trinajstić information content (AvgIpc) is 3.11. The van der Waals surface area contributed by atoms with E-state index >= 15 is 0 Å². The zero-order chi connectivity index (χ0) is 24.1. The van der Waals surface area contributed by atoms with Gasteiger partial charge in [-0.3, -0.25) is 0 Å². The molecule has 2 fully saturated rings. The van der Waals surface area contributed by atoms with Crippen LogP contribution in [-0.2, 0) is 16.6 Å². The summed E-state index contributed by atoms with van der Waals surface area (Å²) in [5.41, 5.74) is -0.295. The highest BCUT2D eigenvalue weighted by molar-refractivity contribution is 5.67. The van der Waals surface area contributed by atoms with E-state index in [1.165, 1.54) is 24.0 Å². The number of unbranched alkanes of at least 4 members (excludes halogenated alkanes) is 3. The van der Waals surface area contributed by atoms with Crippen LogP contribution in [0.5, 0.6) is 11.5 Å². The Balaban J connectivity index is 1.56. The Labute approximate surface area is 204 Å². The highest BCUT2D eigenvalue weighted by atomic mass is 16.6. The van der Waals surface area contributed by atoms with E-state index in [4.69, 9.17) is 9.47 Å². The summed E-state index contributed by atoms with van der Waals surface area (Å²) in [4.78, 5) is 2.53. The van der Waals surface area contributed by atoms with Crippen LogP contribution in [0.1, 0.15) is 76.8 Å². The number of phenolic OH excluding ortho intramolecular Hbond substituents is 1. The van der Waals surface area contributed by atoms with Gasteiger partial charge < -0.3 is 24.6 Å². The van der Waals surface area contributed by atoms with Crippen LogP contribution in [0, 0.1) is 11.3 Å². The fourth-order valence-corrected chi connectivity index (χ4v) is 9.47. The third-order valence-corrected chi connectivity index (χ3v) is 11.0. The number of rotatable bonds is 7. The molecule has 4 bridgehead atoms. The molecule has 2 aliphatic heterocycles. The third kappa shape index (κ3) is 2.29. The number of nitrogens with zero attached hydrogens (tertiary/aromatic N) is 1. The SMILES string of the molecule is CCCCCC[C@](C)(O)[C@H]1C[C@@]23C=C[C@]1(OC)[C@@]1(C)Oc4c(O)ccc5c4[C@@]12CCN(C)[C@@H]3C5. The van der Waals surface area contributed by atoms with Gasteiger partial charge in [-0.05, 0) is 64.8 Å². The number of aliphatic hydroxyl groups is 1. The van der Waals surface area contributed by atoms with Crippen molar-refractivity contribution >= 4 is 0 Å². The molecule has 6 aliphatic rings. The molecular weight excluding hydrogens is 426 g/mol. The van der Waals surface area contributed by atoms with E-state index in [1.54, 1.807) is 13.2 Å². The Hall–Kier alpha value is -1.56. The lowest BCUT2D eigenvalue weighted by molar-refractivity contribution is -0.286. The van der Waals surface area contributed by atoms with Crippen molar-refractivity contribution in [3.05, 3.63) is 35.4 Å². The number of ether oxygens (including phenoxy) is 2. The number of likely N-dealkylation sites (tertiary alicyclic amines) is 1. The Kier molecular flexibility index (Phi) is 4.72. The standard InChI is InChI=1S/C29H41NO4/c1-6-7-8-9-12-25(2,32)21-18-27-13-14-29(21,33-5)26(3)28(27)15-16-30(4)22(27)17-19-10-11-20(31)24(34-26)23(19)28/h10-11,13-14,21-22,31-32H,6-9,12,15-18H2,1-5H3/t21-,22-,25+,26+,27-,28+,29-/m1/s1. The Bertz CT molecular complexity index is 1050. The minimum atomic E-state index is -0.876. The number of likely N-dealkylation sites (N-methyl/N-ethyl adjacent to an activating group) is 1. The first kappa shape index (κ1) is 22.9. The quantitative estimate of drug-likeness (QED) is 0.449. The van der Waals surface area contributed by atoms with Crippen LogP contribution in [0.3, 0.4) is 0 Å². The first-order chi connectivity index (χ1) is 16.1. The molecule has 2 heterocycles. The van der Waals surface area contributed by atoms with E-state index in [0.717, 1.165) is 45.1 Å². The molecule has 7 atom stereocenters. The number of piperidine rings is 1. The van der Waals surface area contributed by atoms with Crippen LogP contribution in [0.15, 0.2) is 24.3 Å². The smallest absolute Gasteiger partial charge is 0.166 e. The predicted octanol–water partition coefficient (Wildman–Crippen LogP) is 4.72. The van der Waals surface area contributed by atoms with Gasteiger partial charge in [-0.15, -0.1) is 0 Å². The van der Waals surface area contributed by atoms with Gasteiger partial charge in [0.05, 0.1) is 11.0 Å². The summed E-state index contributed by atoms with van der Waals surface area (Å²) in [6.07, 6.45) is 12.8. The van der Waals surface area contributed by atoms with Crippen LogP contribution < -0.4 is 4.74 Å². The summed E-state index contributed by atoms with van der Waals surface area (Å²) in [7, 11) is 4.04.